The van der Waals surface area contributed by atoms with Gasteiger partial charge in [-0.3, -0.25) is 9.46 Å². The smallest absolute Gasteiger partial charge is 0.308 e. The lowest BCUT2D eigenvalue weighted by atomic mass is 10.1. The van der Waals surface area contributed by atoms with Gasteiger partial charge in [-0.15, -0.1) is 0 Å². The van der Waals surface area contributed by atoms with Gasteiger partial charge in [-0.2, -0.15) is 0 Å². The molecule has 168 valence electrons. The van der Waals surface area contributed by atoms with Gasteiger partial charge in [0, 0.05) is 11.4 Å². The molecule has 0 saturated carbocycles. The van der Waals surface area contributed by atoms with Crippen LogP contribution in [-0.2, 0) is 13.6 Å². The van der Waals surface area contributed by atoms with Crippen LogP contribution in [0.15, 0.2) is 84.9 Å². The van der Waals surface area contributed by atoms with Gasteiger partial charge in [0.1, 0.15) is 0 Å². The number of urea groups is 1. The van der Waals surface area contributed by atoms with E-state index in [2.05, 4.69) is 5.32 Å². The number of rotatable bonds is 9. The van der Waals surface area contributed by atoms with Crippen LogP contribution in [0.5, 0.6) is 0 Å². The number of hydrogen-bond donors (Lipinski definition) is 1. The maximum Gasteiger partial charge on any atom is 0.357 e. The van der Waals surface area contributed by atoms with Crippen molar-refractivity contribution in [2.24, 2.45) is 0 Å². The maximum absolute atomic E-state index is 14.1. The van der Waals surface area contributed by atoms with Crippen molar-refractivity contribution in [1.29, 1.82) is 0 Å². The number of benzene rings is 3. The molecular weight excluding hydrogens is 423 g/mol. The molecule has 1 atom stereocenters. The zero-order chi connectivity index (χ0) is 23.0. The summed E-state index contributed by atoms with van der Waals surface area (Å²) in [5.74, 6) is -0.978. The first-order valence-electron chi connectivity index (χ1n) is 10.6. The highest BCUT2D eigenvalue weighted by atomic mass is 31.2. The number of nitrogens with zero attached hydrogens (tertiary/aromatic N) is 1. The summed E-state index contributed by atoms with van der Waals surface area (Å²) in [5.41, 5.74) is 2.91. The van der Waals surface area contributed by atoms with Gasteiger partial charge in [0.05, 0.1) is 13.2 Å². The van der Waals surface area contributed by atoms with Gasteiger partial charge in [0.2, 0.25) is 0 Å². The standard InChI is InChI=1S/C25H29N2O4P/c1-4-30-32(29,31-5-2)24(21-18-16-20(3)17-19-21)27(23-14-10-7-11-15-23)25(28)26-22-12-8-6-9-13-22/h6-19,24H,4-5H2,1-3H3,(H,26,28). The average Bonchev–Trinajstić information content (AvgIpc) is 2.79. The Kier molecular flexibility index (Phi) is 8.23. The Morgan fingerprint density at radius 3 is 1.94 bits per heavy atom. The minimum atomic E-state index is -3.78. The van der Waals surface area contributed by atoms with Gasteiger partial charge < -0.3 is 14.4 Å². The number of nitrogens with one attached hydrogen (secondary N) is 1. The Morgan fingerprint density at radius 2 is 1.41 bits per heavy atom. The Bertz CT molecular complexity index is 1030. The Balaban J connectivity index is 2.17. The molecule has 0 aliphatic heterocycles. The Labute approximate surface area is 189 Å². The molecule has 6 nitrogen and oxygen atoms in total. The van der Waals surface area contributed by atoms with E-state index in [0.29, 0.717) is 16.9 Å². The minimum Gasteiger partial charge on any atom is -0.308 e. The third-order valence-corrected chi connectivity index (χ3v) is 7.18. The van der Waals surface area contributed by atoms with E-state index >= 15 is 0 Å². The topological polar surface area (TPSA) is 67.9 Å². The fourth-order valence-electron chi connectivity index (χ4n) is 3.41. The molecule has 7 heteroatoms. The predicted octanol–water partition coefficient (Wildman–Crippen LogP) is 7.00. The third-order valence-electron chi connectivity index (χ3n) is 4.82. The number of anilines is 2. The molecule has 1 unspecified atom stereocenters. The van der Waals surface area contributed by atoms with E-state index in [9.17, 15) is 9.36 Å². The van der Waals surface area contributed by atoms with Gasteiger partial charge in [-0.1, -0.05) is 66.2 Å². The number of aryl methyl sites for hydroxylation is 1. The molecule has 0 heterocycles. The highest BCUT2D eigenvalue weighted by Gasteiger charge is 2.44. The van der Waals surface area contributed by atoms with Crippen LogP contribution in [0.1, 0.15) is 30.8 Å². The van der Waals surface area contributed by atoms with Crippen LogP contribution in [-0.4, -0.2) is 19.2 Å². The first-order chi connectivity index (χ1) is 15.5. The molecule has 3 aromatic carbocycles. The lowest BCUT2D eigenvalue weighted by Gasteiger charge is -2.36. The number of carbonyl (C=O) groups excluding carboxylic acids is 1. The third kappa shape index (κ3) is 5.65. The molecule has 0 spiro atoms. The minimum absolute atomic E-state index is 0.183. The quantitative estimate of drug-likeness (QED) is 0.355. The summed E-state index contributed by atoms with van der Waals surface area (Å²) < 4.78 is 25.6. The fourth-order valence-corrected chi connectivity index (χ4v) is 5.55. The molecule has 32 heavy (non-hydrogen) atoms. The van der Waals surface area contributed by atoms with Gasteiger partial charge in [0.15, 0.2) is 5.78 Å². The van der Waals surface area contributed by atoms with Crippen molar-refractivity contribution in [1.82, 2.24) is 0 Å². The largest absolute Gasteiger partial charge is 0.357 e. The molecule has 0 radical (unpaired) electrons. The fraction of sp³-hybridized carbons (Fsp3) is 0.240. The van der Waals surface area contributed by atoms with Crippen molar-refractivity contribution in [3.8, 4) is 0 Å². The van der Waals surface area contributed by atoms with Crippen LogP contribution in [0.25, 0.3) is 0 Å². The summed E-state index contributed by atoms with van der Waals surface area (Å²) in [4.78, 5) is 15.1. The van der Waals surface area contributed by atoms with E-state index in [1.807, 2.05) is 67.6 Å². The zero-order valence-corrected chi connectivity index (χ0v) is 19.5. The zero-order valence-electron chi connectivity index (χ0n) is 18.6. The molecule has 3 rings (SSSR count). The summed E-state index contributed by atoms with van der Waals surface area (Å²) in [5, 5.41) is 2.91. The van der Waals surface area contributed by atoms with Gasteiger partial charge in [-0.05, 0) is 50.6 Å². The van der Waals surface area contributed by atoms with E-state index in [1.54, 1.807) is 38.1 Å². The van der Waals surface area contributed by atoms with Crippen molar-refractivity contribution < 1.29 is 18.4 Å². The Hall–Kier alpha value is -2.92. The first-order valence-corrected chi connectivity index (χ1v) is 12.3. The summed E-state index contributed by atoms with van der Waals surface area (Å²) in [7, 11) is -3.78. The Morgan fingerprint density at radius 1 is 0.875 bits per heavy atom. The molecular formula is C25H29N2O4P. The van der Waals surface area contributed by atoms with E-state index in [1.165, 1.54) is 4.90 Å². The second kappa shape index (κ2) is 11.1. The predicted molar refractivity (Wildman–Crippen MR) is 129 cm³/mol. The van der Waals surface area contributed by atoms with Crippen LogP contribution in [0, 0.1) is 6.92 Å². The molecule has 0 fully saturated rings. The molecule has 0 aromatic heterocycles. The van der Waals surface area contributed by atoms with Crippen LogP contribution in [0.3, 0.4) is 0 Å². The average molecular weight is 452 g/mol. The second-order valence-corrected chi connectivity index (χ2v) is 9.25. The number of para-hydroxylation sites is 2. The highest BCUT2D eigenvalue weighted by molar-refractivity contribution is 7.54. The SMILES string of the molecule is CCOP(=O)(OCC)C(c1ccc(C)cc1)N(C(=O)Nc1ccccc1)c1ccccc1. The van der Waals surface area contributed by atoms with E-state index < -0.39 is 19.4 Å². The van der Waals surface area contributed by atoms with Crippen LogP contribution < -0.4 is 10.2 Å². The van der Waals surface area contributed by atoms with E-state index in [-0.39, 0.29) is 13.2 Å². The lowest BCUT2D eigenvalue weighted by Crippen LogP contribution is -2.39. The van der Waals surface area contributed by atoms with Crippen molar-refractivity contribution in [2.75, 3.05) is 23.4 Å². The van der Waals surface area contributed by atoms with E-state index in [4.69, 9.17) is 9.05 Å². The highest BCUT2D eigenvalue weighted by Crippen LogP contribution is 2.63. The number of carbonyl (C=O) groups is 1. The van der Waals surface area contributed by atoms with Crippen molar-refractivity contribution in [3.63, 3.8) is 0 Å². The van der Waals surface area contributed by atoms with Crippen molar-refractivity contribution in [2.45, 2.75) is 26.6 Å². The van der Waals surface area contributed by atoms with Gasteiger partial charge in [-0.25, -0.2) is 4.79 Å². The summed E-state index contributed by atoms with van der Waals surface area (Å²) in [6, 6.07) is 25.4. The van der Waals surface area contributed by atoms with Crippen LogP contribution >= 0.6 is 7.60 Å². The molecule has 0 saturated heterocycles. The molecule has 1 N–H and O–H groups in total. The number of amides is 2. The first kappa shape index (κ1) is 23.7. The molecule has 2 amide bonds. The summed E-state index contributed by atoms with van der Waals surface area (Å²) in [6.07, 6.45) is 0. The molecule has 0 bridgehead atoms. The van der Waals surface area contributed by atoms with Crippen molar-refractivity contribution in [3.05, 3.63) is 96.1 Å². The van der Waals surface area contributed by atoms with Gasteiger partial charge in [0.25, 0.3) is 0 Å². The lowest BCUT2D eigenvalue weighted by molar-refractivity contribution is 0.209. The van der Waals surface area contributed by atoms with Crippen LogP contribution in [0.4, 0.5) is 16.2 Å². The second-order valence-electron chi connectivity index (χ2n) is 7.16. The van der Waals surface area contributed by atoms with Crippen molar-refractivity contribution >= 4 is 25.0 Å². The summed E-state index contributed by atoms with van der Waals surface area (Å²) in [6.45, 7) is 5.86. The van der Waals surface area contributed by atoms with E-state index in [0.717, 1.165) is 5.56 Å². The monoisotopic (exact) mass is 452 g/mol. The maximum atomic E-state index is 14.1. The molecule has 0 aliphatic carbocycles. The normalized spacial score (nSPS) is 12.2. The van der Waals surface area contributed by atoms with Gasteiger partial charge >= 0.3 is 13.6 Å². The summed E-state index contributed by atoms with van der Waals surface area (Å²) >= 11 is 0. The number of hydrogen-bond acceptors (Lipinski definition) is 4. The molecule has 0 aliphatic rings. The molecule has 3 aromatic rings. The van der Waals surface area contributed by atoms with Crippen LogP contribution in [0.2, 0.25) is 0 Å².